The van der Waals surface area contributed by atoms with Gasteiger partial charge in [0, 0.05) is 6.54 Å². The fourth-order valence-corrected chi connectivity index (χ4v) is 2.80. The quantitative estimate of drug-likeness (QED) is 0.694. The fourth-order valence-electron chi connectivity index (χ4n) is 2.80. The molecule has 104 valence electrons. The maximum Gasteiger partial charge on any atom is 0.243 e. The lowest BCUT2D eigenvalue weighted by Crippen LogP contribution is -2.59. The Hall–Kier alpha value is -0.810. The van der Waals surface area contributed by atoms with Crippen molar-refractivity contribution in [3.05, 3.63) is 0 Å². The average molecular weight is 276 g/mol. The maximum absolute atomic E-state index is 12.1. The van der Waals surface area contributed by atoms with Crippen molar-refractivity contribution in [3.63, 3.8) is 0 Å². The minimum atomic E-state index is -0.780. The molecule has 1 atom stereocenters. The molecule has 2 aliphatic rings. The number of nitrogens with one attached hydrogen (secondary N) is 2. The highest BCUT2D eigenvalue weighted by molar-refractivity contribution is 5.91. The largest absolute Gasteiger partial charge is 0.368 e. The van der Waals surface area contributed by atoms with Crippen molar-refractivity contribution in [2.75, 3.05) is 13.1 Å². The van der Waals surface area contributed by atoms with E-state index in [2.05, 4.69) is 10.6 Å². The van der Waals surface area contributed by atoms with Crippen LogP contribution in [-0.2, 0) is 9.59 Å². The molecule has 0 aromatic heterocycles. The maximum atomic E-state index is 12.1. The van der Waals surface area contributed by atoms with E-state index in [9.17, 15) is 9.59 Å². The van der Waals surface area contributed by atoms with E-state index >= 15 is 0 Å². The van der Waals surface area contributed by atoms with Crippen LogP contribution in [0.5, 0.6) is 0 Å². The highest BCUT2D eigenvalue weighted by Gasteiger charge is 2.40. The average Bonchev–Trinajstić information content (AvgIpc) is 2.83. The van der Waals surface area contributed by atoms with Crippen LogP contribution in [0.1, 0.15) is 38.5 Å². The number of halogens is 1. The number of hydrogen-bond acceptors (Lipinski definition) is 3. The highest BCUT2D eigenvalue weighted by atomic mass is 35.5. The molecule has 4 N–H and O–H groups in total. The molecular weight excluding hydrogens is 254 g/mol. The zero-order valence-corrected chi connectivity index (χ0v) is 11.4. The van der Waals surface area contributed by atoms with Gasteiger partial charge in [0.25, 0.3) is 0 Å². The molecule has 1 aliphatic heterocycles. The van der Waals surface area contributed by atoms with Gasteiger partial charge in [-0.1, -0.05) is 19.3 Å². The van der Waals surface area contributed by atoms with Gasteiger partial charge in [-0.3, -0.25) is 9.59 Å². The zero-order chi connectivity index (χ0) is 12.3. The Bertz CT molecular complexity index is 310. The molecule has 0 radical (unpaired) electrons. The van der Waals surface area contributed by atoms with E-state index in [-0.39, 0.29) is 30.1 Å². The third-order valence-electron chi connectivity index (χ3n) is 3.97. The molecular formula is C12H22ClN3O2. The zero-order valence-electron chi connectivity index (χ0n) is 10.5. The van der Waals surface area contributed by atoms with Gasteiger partial charge >= 0.3 is 0 Å². The Labute approximate surface area is 114 Å². The lowest BCUT2D eigenvalue weighted by molar-refractivity contribution is -0.134. The molecule has 1 heterocycles. The molecule has 1 unspecified atom stereocenters. The van der Waals surface area contributed by atoms with Crippen LogP contribution in [0, 0.1) is 5.92 Å². The summed E-state index contributed by atoms with van der Waals surface area (Å²) in [6.07, 6.45) is 5.28. The van der Waals surface area contributed by atoms with Crippen molar-refractivity contribution in [2.45, 2.75) is 44.1 Å². The molecule has 2 amide bonds. The Balaban J connectivity index is 0.00000162. The standard InChI is InChI=1S/C12H21N3O2.ClH/c13-11(17)12(5-2-1-3-6-12)15-10(16)9-4-7-14-8-9;/h9,14H,1-8H2,(H2,13,17)(H,15,16);1H. The first-order valence-electron chi connectivity index (χ1n) is 6.47. The third-order valence-corrected chi connectivity index (χ3v) is 3.97. The lowest BCUT2D eigenvalue weighted by atomic mass is 9.80. The molecule has 5 nitrogen and oxygen atoms in total. The van der Waals surface area contributed by atoms with E-state index in [1.165, 1.54) is 0 Å². The summed E-state index contributed by atoms with van der Waals surface area (Å²) in [7, 11) is 0. The van der Waals surface area contributed by atoms with Crippen molar-refractivity contribution in [1.29, 1.82) is 0 Å². The van der Waals surface area contributed by atoms with Gasteiger partial charge in [0.05, 0.1) is 5.92 Å². The molecule has 1 saturated heterocycles. The van der Waals surface area contributed by atoms with Crippen LogP contribution in [0.15, 0.2) is 0 Å². The number of carbonyl (C=O) groups is 2. The van der Waals surface area contributed by atoms with E-state index < -0.39 is 5.54 Å². The van der Waals surface area contributed by atoms with Gasteiger partial charge < -0.3 is 16.4 Å². The number of hydrogen-bond donors (Lipinski definition) is 3. The number of nitrogens with two attached hydrogens (primary N) is 1. The fraction of sp³-hybridized carbons (Fsp3) is 0.833. The van der Waals surface area contributed by atoms with Crippen LogP contribution in [0.3, 0.4) is 0 Å². The van der Waals surface area contributed by atoms with Gasteiger partial charge in [-0.25, -0.2) is 0 Å². The van der Waals surface area contributed by atoms with Crippen LogP contribution in [0.25, 0.3) is 0 Å². The SMILES string of the molecule is Cl.NC(=O)C1(NC(=O)C2CCNC2)CCCCC1. The Kier molecular flexibility index (Phi) is 5.41. The Morgan fingerprint density at radius 2 is 1.89 bits per heavy atom. The molecule has 0 spiro atoms. The summed E-state index contributed by atoms with van der Waals surface area (Å²) in [6.45, 7) is 1.59. The normalized spacial score (nSPS) is 26.1. The topological polar surface area (TPSA) is 84.2 Å². The molecule has 0 aromatic carbocycles. The summed E-state index contributed by atoms with van der Waals surface area (Å²) in [6, 6.07) is 0. The molecule has 18 heavy (non-hydrogen) atoms. The molecule has 6 heteroatoms. The molecule has 1 saturated carbocycles. The summed E-state index contributed by atoms with van der Waals surface area (Å²) in [5.41, 5.74) is 4.70. The molecule has 2 rings (SSSR count). The van der Waals surface area contributed by atoms with Crippen LogP contribution in [0.4, 0.5) is 0 Å². The van der Waals surface area contributed by atoms with Crippen molar-refractivity contribution in [2.24, 2.45) is 11.7 Å². The van der Waals surface area contributed by atoms with Crippen LogP contribution >= 0.6 is 12.4 Å². The van der Waals surface area contributed by atoms with Crippen molar-refractivity contribution >= 4 is 24.2 Å². The Morgan fingerprint density at radius 3 is 2.39 bits per heavy atom. The molecule has 0 aromatic rings. The monoisotopic (exact) mass is 275 g/mol. The van der Waals surface area contributed by atoms with Gasteiger partial charge in [-0.05, 0) is 25.8 Å². The van der Waals surface area contributed by atoms with Crippen LogP contribution in [0.2, 0.25) is 0 Å². The van der Waals surface area contributed by atoms with Gasteiger partial charge in [0.1, 0.15) is 5.54 Å². The summed E-state index contributed by atoms with van der Waals surface area (Å²) in [5.74, 6) is -0.402. The first-order chi connectivity index (χ1) is 8.14. The molecule has 0 bridgehead atoms. The first kappa shape index (κ1) is 15.2. The van der Waals surface area contributed by atoms with E-state index in [4.69, 9.17) is 5.73 Å². The second-order valence-electron chi connectivity index (χ2n) is 5.19. The predicted octanol–water partition coefficient (Wildman–Crippen LogP) is 0.322. The number of rotatable bonds is 3. The second-order valence-corrected chi connectivity index (χ2v) is 5.19. The number of primary amides is 1. The lowest BCUT2D eigenvalue weighted by Gasteiger charge is -2.35. The second kappa shape index (κ2) is 6.38. The Morgan fingerprint density at radius 1 is 1.22 bits per heavy atom. The van der Waals surface area contributed by atoms with E-state index in [0.29, 0.717) is 19.4 Å². The number of amides is 2. The van der Waals surface area contributed by atoms with Gasteiger partial charge in [0.15, 0.2) is 0 Å². The van der Waals surface area contributed by atoms with Crippen LogP contribution < -0.4 is 16.4 Å². The number of carbonyl (C=O) groups excluding carboxylic acids is 2. The highest BCUT2D eigenvalue weighted by Crippen LogP contribution is 2.28. The van der Waals surface area contributed by atoms with Crippen molar-refractivity contribution in [3.8, 4) is 0 Å². The summed E-state index contributed by atoms with van der Waals surface area (Å²) in [5, 5.41) is 6.08. The first-order valence-corrected chi connectivity index (χ1v) is 6.47. The summed E-state index contributed by atoms with van der Waals surface area (Å²) in [4.78, 5) is 23.7. The predicted molar refractivity (Wildman–Crippen MR) is 71.4 cm³/mol. The van der Waals surface area contributed by atoms with Crippen molar-refractivity contribution in [1.82, 2.24) is 10.6 Å². The molecule has 2 fully saturated rings. The summed E-state index contributed by atoms with van der Waals surface area (Å²) >= 11 is 0. The van der Waals surface area contributed by atoms with Crippen LogP contribution in [-0.4, -0.2) is 30.4 Å². The van der Waals surface area contributed by atoms with Crippen molar-refractivity contribution < 1.29 is 9.59 Å². The van der Waals surface area contributed by atoms with E-state index in [1.807, 2.05) is 0 Å². The minimum absolute atomic E-state index is 0. The third kappa shape index (κ3) is 3.14. The minimum Gasteiger partial charge on any atom is -0.368 e. The molecule has 1 aliphatic carbocycles. The van der Waals surface area contributed by atoms with Gasteiger partial charge in [-0.2, -0.15) is 0 Å². The summed E-state index contributed by atoms with van der Waals surface area (Å²) < 4.78 is 0. The van der Waals surface area contributed by atoms with E-state index in [0.717, 1.165) is 32.2 Å². The smallest absolute Gasteiger partial charge is 0.243 e. The van der Waals surface area contributed by atoms with E-state index in [1.54, 1.807) is 0 Å². The van der Waals surface area contributed by atoms with Gasteiger partial charge in [0.2, 0.25) is 11.8 Å². The van der Waals surface area contributed by atoms with Gasteiger partial charge in [-0.15, -0.1) is 12.4 Å².